The number of hydrogen-bond acceptors (Lipinski definition) is 3. The molecule has 1 atom stereocenters. The topological polar surface area (TPSA) is 46.6 Å². The van der Waals surface area contributed by atoms with Gasteiger partial charge in [0.15, 0.2) is 5.78 Å². The first-order chi connectivity index (χ1) is 12.2. The molecular weight excluding hydrogens is 314 g/mol. The van der Waals surface area contributed by atoms with Gasteiger partial charge in [-0.15, -0.1) is 0 Å². The lowest BCUT2D eigenvalue weighted by molar-refractivity contribution is -0.136. The van der Waals surface area contributed by atoms with E-state index in [4.69, 9.17) is 4.74 Å². The van der Waals surface area contributed by atoms with Crippen molar-refractivity contribution in [1.82, 2.24) is 4.90 Å². The number of likely N-dealkylation sites (tertiary alicyclic amines) is 1. The Bertz CT molecular complexity index is 725. The van der Waals surface area contributed by atoms with Gasteiger partial charge in [-0.2, -0.15) is 0 Å². The molecule has 0 aromatic heterocycles. The van der Waals surface area contributed by atoms with Gasteiger partial charge in [-0.05, 0) is 24.0 Å². The van der Waals surface area contributed by atoms with Crippen molar-refractivity contribution >= 4 is 11.7 Å². The molecule has 1 fully saturated rings. The van der Waals surface area contributed by atoms with Gasteiger partial charge >= 0.3 is 0 Å². The largest absolute Gasteiger partial charge is 0.375 e. The van der Waals surface area contributed by atoms with Crippen LogP contribution in [0.2, 0.25) is 0 Å². The maximum atomic E-state index is 12.8. The van der Waals surface area contributed by atoms with Crippen molar-refractivity contribution in [2.75, 3.05) is 26.8 Å². The van der Waals surface area contributed by atoms with Crippen LogP contribution in [0.15, 0.2) is 54.6 Å². The quantitative estimate of drug-likeness (QED) is 0.786. The van der Waals surface area contributed by atoms with Crippen molar-refractivity contribution in [3.05, 3.63) is 60.2 Å². The fourth-order valence-electron chi connectivity index (χ4n) is 3.33. The lowest BCUT2D eigenvalue weighted by Crippen LogP contribution is -2.43. The fraction of sp³-hybridized carbons (Fsp3) is 0.333. The van der Waals surface area contributed by atoms with Crippen molar-refractivity contribution in [3.63, 3.8) is 0 Å². The molecule has 1 heterocycles. The molecule has 1 saturated heterocycles. The summed E-state index contributed by atoms with van der Waals surface area (Å²) in [7, 11) is 1.51. The lowest BCUT2D eigenvalue weighted by Gasteiger charge is -2.32. The van der Waals surface area contributed by atoms with Gasteiger partial charge in [0.1, 0.15) is 6.61 Å². The molecule has 0 saturated carbocycles. The molecule has 1 aliphatic rings. The van der Waals surface area contributed by atoms with Crippen LogP contribution in [0.4, 0.5) is 0 Å². The minimum Gasteiger partial charge on any atom is -0.375 e. The molecule has 0 radical (unpaired) electrons. The zero-order valence-corrected chi connectivity index (χ0v) is 14.5. The Kier molecular flexibility index (Phi) is 5.61. The Morgan fingerprint density at radius 3 is 2.40 bits per heavy atom. The molecule has 4 nitrogen and oxygen atoms in total. The average Bonchev–Trinajstić information content (AvgIpc) is 2.68. The summed E-state index contributed by atoms with van der Waals surface area (Å²) in [6.45, 7) is 1.27. The number of benzene rings is 2. The van der Waals surface area contributed by atoms with Crippen molar-refractivity contribution in [2.24, 2.45) is 5.92 Å². The van der Waals surface area contributed by atoms with Crippen molar-refractivity contribution in [1.29, 1.82) is 0 Å². The third kappa shape index (κ3) is 4.15. The van der Waals surface area contributed by atoms with Gasteiger partial charge in [-0.1, -0.05) is 54.6 Å². The molecule has 25 heavy (non-hydrogen) atoms. The van der Waals surface area contributed by atoms with E-state index in [1.165, 1.54) is 7.11 Å². The molecule has 130 valence electrons. The number of ether oxygens (including phenoxy) is 1. The normalized spacial score (nSPS) is 17.3. The van der Waals surface area contributed by atoms with Crippen molar-refractivity contribution in [3.8, 4) is 11.1 Å². The van der Waals surface area contributed by atoms with Crippen molar-refractivity contribution in [2.45, 2.75) is 12.8 Å². The first kappa shape index (κ1) is 17.4. The van der Waals surface area contributed by atoms with Crippen LogP contribution in [0.5, 0.6) is 0 Å². The molecule has 0 bridgehead atoms. The van der Waals surface area contributed by atoms with Crippen LogP contribution < -0.4 is 0 Å². The molecule has 0 aliphatic carbocycles. The predicted molar refractivity (Wildman–Crippen MR) is 97.4 cm³/mol. The fourth-order valence-corrected chi connectivity index (χ4v) is 3.33. The molecule has 1 amide bonds. The van der Waals surface area contributed by atoms with Crippen LogP contribution >= 0.6 is 0 Å². The molecule has 1 aliphatic heterocycles. The molecule has 0 spiro atoms. The van der Waals surface area contributed by atoms with Gasteiger partial charge < -0.3 is 9.64 Å². The zero-order chi connectivity index (χ0) is 17.6. The van der Waals surface area contributed by atoms with E-state index in [1.807, 2.05) is 42.5 Å². The number of amides is 1. The van der Waals surface area contributed by atoms with Crippen LogP contribution in [0.1, 0.15) is 23.2 Å². The first-order valence-corrected chi connectivity index (χ1v) is 8.65. The minimum atomic E-state index is -0.128. The average molecular weight is 337 g/mol. The first-order valence-electron chi connectivity index (χ1n) is 8.65. The summed E-state index contributed by atoms with van der Waals surface area (Å²) in [6, 6.07) is 17.8. The molecule has 4 heteroatoms. The lowest BCUT2D eigenvalue weighted by atomic mass is 9.89. The monoisotopic (exact) mass is 337 g/mol. The van der Waals surface area contributed by atoms with E-state index < -0.39 is 0 Å². The predicted octanol–water partition coefficient (Wildman–Crippen LogP) is 3.42. The third-order valence-electron chi connectivity index (χ3n) is 4.69. The maximum Gasteiger partial charge on any atom is 0.248 e. The summed E-state index contributed by atoms with van der Waals surface area (Å²) < 4.78 is 4.92. The smallest absolute Gasteiger partial charge is 0.248 e. The van der Waals surface area contributed by atoms with E-state index in [1.54, 1.807) is 4.90 Å². The second-order valence-electron chi connectivity index (χ2n) is 6.42. The summed E-state index contributed by atoms with van der Waals surface area (Å²) in [5.41, 5.74) is 2.94. The summed E-state index contributed by atoms with van der Waals surface area (Å²) in [5, 5.41) is 0. The number of ketones is 1. The van der Waals surface area contributed by atoms with E-state index in [2.05, 4.69) is 12.1 Å². The number of methoxy groups -OCH3 is 1. The van der Waals surface area contributed by atoms with E-state index in [0.717, 1.165) is 24.0 Å². The molecule has 2 aromatic rings. The van der Waals surface area contributed by atoms with Gasteiger partial charge in [-0.25, -0.2) is 0 Å². The summed E-state index contributed by atoms with van der Waals surface area (Å²) in [5.74, 6) is -0.0499. The highest BCUT2D eigenvalue weighted by Gasteiger charge is 2.28. The molecule has 2 aromatic carbocycles. The highest BCUT2D eigenvalue weighted by Crippen LogP contribution is 2.24. The van der Waals surface area contributed by atoms with Crippen molar-refractivity contribution < 1.29 is 14.3 Å². The second-order valence-corrected chi connectivity index (χ2v) is 6.42. The number of hydrogen-bond donors (Lipinski definition) is 0. The zero-order valence-electron chi connectivity index (χ0n) is 14.5. The standard InChI is InChI=1S/C21H23NO3/c1-25-15-20(23)22-13-5-8-19(14-22)21(24)18-11-9-17(10-12-18)16-6-3-2-4-7-16/h2-4,6-7,9-12,19H,5,8,13-15H2,1H3/t19-/m1/s1. The van der Waals surface area contributed by atoms with E-state index in [9.17, 15) is 9.59 Å². The minimum absolute atomic E-state index is 0.0422. The van der Waals surface area contributed by atoms with Crippen LogP contribution in [0.3, 0.4) is 0 Å². The highest BCUT2D eigenvalue weighted by molar-refractivity contribution is 5.98. The second kappa shape index (κ2) is 8.08. The number of Topliss-reactive ketones (excluding diaryl/α,β-unsaturated/α-hetero) is 1. The van der Waals surface area contributed by atoms with Crippen LogP contribution in [-0.2, 0) is 9.53 Å². The molecule has 0 N–H and O–H groups in total. The number of rotatable bonds is 5. The number of piperidine rings is 1. The maximum absolute atomic E-state index is 12.8. The Labute approximate surface area is 148 Å². The summed E-state index contributed by atoms with van der Waals surface area (Å²) in [4.78, 5) is 26.5. The summed E-state index contributed by atoms with van der Waals surface area (Å²) in [6.07, 6.45) is 1.68. The van der Waals surface area contributed by atoms with Crippen LogP contribution in [0.25, 0.3) is 11.1 Å². The van der Waals surface area contributed by atoms with E-state index >= 15 is 0 Å². The Hall–Kier alpha value is -2.46. The van der Waals surface area contributed by atoms with Gasteiger partial charge in [0.25, 0.3) is 0 Å². The molecular formula is C21H23NO3. The van der Waals surface area contributed by atoms with Gasteiger partial charge in [0, 0.05) is 31.7 Å². The number of carbonyl (C=O) groups excluding carboxylic acids is 2. The summed E-state index contributed by atoms with van der Waals surface area (Å²) >= 11 is 0. The van der Waals surface area contributed by atoms with Gasteiger partial charge in [-0.3, -0.25) is 9.59 Å². The van der Waals surface area contributed by atoms with Crippen LogP contribution in [-0.4, -0.2) is 43.4 Å². The van der Waals surface area contributed by atoms with E-state index in [0.29, 0.717) is 18.7 Å². The highest BCUT2D eigenvalue weighted by atomic mass is 16.5. The number of carbonyl (C=O) groups is 2. The Morgan fingerprint density at radius 1 is 1.04 bits per heavy atom. The van der Waals surface area contributed by atoms with Gasteiger partial charge in [0.05, 0.1) is 0 Å². The SMILES string of the molecule is COCC(=O)N1CCC[C@@H](C(=O)c2ccc(-c3ccccc3)cc2)C1. The van der Waals surface area contributed by atoms with Crippen LogP contribution in [0, 0.1) is 5.92 Å². The van der Waals surface area contributed by atoms with Gasteiger partial charge in [0.2, 0.25) is 5.91 Å². The molecule has 0 unspecified atom stereocenters. The third-order valence-corrected chi connectivity index (χ3v) is 4.69. The van der Waals surface area contributed by atoms with E-state index in [-0.39, 0.29) is 24.2 Å². The molecule has 3 rings (SSSR count). The number of nitrogens with zero attached hydrogens (tertiary/aromatic N) is 1. The Balaban J connectivity index is 1.69. The Morgan fingerprint density at radius 2 is 1.72 bits per heavy atom.